The normalized spacial score (nSPS) is 28.0. The first kappa shape index (κ1) is 14.5. The smallest absolute Gasteiger partial charge is 0.207 e. The zero-order chi connectivity index (χ0) is 15.2. The highest BCUT2D eigenvalue weighted by Gasteiger charge is 2.37. The quantitative estimate of drug-likeness (QED) is 0.840. The molecule has 0 aromatic heterocycles. The van der Waals surface area contributed by atoms with Crippen LogP contribution < -0.4 is 0 Å². The molecule has 118 valence electrons. The van der Waals surface area contributed by atoms with E-state index in [1.165, 1.54) is 25.7 Å². The van der Waals surface area contributed by atoms with Crippen LogP contribution in [-0.4, -0.2) is 25.8 Å². The van der Waals surface area contributed by atoms with Gasteiger partial charge in [0.05, 0.1) is 11.4 Å². The van der Waals surface area contributed by atoms with Crippen LogP contribution in [0.2, 0.25) is 0 Å². The number of nitrogens with zero attached hydrogens (tertiary/aromatic N) is 3. The molecule has 1 aromatic rings. The molecule has 5 nitrogen and oxygen atoms in total. The van der Waals surface area contributed by atoms with E-state index in [-0.39, 0.29) is 0 Å². The fourth-order valence-corrected chi connectivity index (χ4v) is 6.18. The monoisotopic (exact) mass is 337 g/mol. The fourth-order valence-electron chi connectivity index (χ4n) is 3.91. The summed E-state index contributed by atoms with van der Waals surface area (Å²) in [5.41, 5.74) is 1.18. The van der Waals surface area contributed by atoms with Crippen LogP contribution in [0.5, 0.6) is 0 Å². The lowest BCUT2D eigenvalue weighted by atomic mass is 9.76. The second-order valence-electron chi connectivity index (χ2n) is 6.34. The standard InChI is InChI=1S/C15H19N3O2S2/c19-22(20,14-7-3-6-13-15(14)17-21-16-13)18-9-8-11-4-1-2-5-12(11)10-18/h3,6-7,11-12H,1-2,4-5,8-10H2/t11-,12-/m0/s1. The summed E-state index contributed by atoms with van der Waals surface area (Å²) in [6.07, 6.45) is 5.97. The summed E-state index contributed by atoms with van der Waals surface area (Å²) in [5.74, 6) is 1.25. The third-order valence-corrected chi connectivity index (χ3v) is 7.56. The zero-order valence-corrected chi connectivity index (χ0v) is 13.9. The maximum Gasteiger partial charge on any atom is 0.245 e. The summed E-state index contributed by atoms with van der Waals surface area (Å²) >= 11 is 1.07. The van der Waals surface area contributed by atoms with Gasteiger partial charge in [-0.1, -0.05) is 25.3 Å². The highest BCUT2D eigenvalue weighted by molar-refractivity contribution is 7.89. The third-order valence-electron chi connectivity index (χ3n) is 5.12. The molecular formula is C15H19N3O2S2. The van der Waals surface area contributed by atoms with Gasteiger partial charge in [0.25, 0.3) is 0 Å². The van der Waals surface area contributed by atoms with Gasteiger partial charge in [0, 0.05) is 13.1 Å². The van der Waals surface area contributed by atoms with E-state index >= 15 is 0 Å². The van der Waals surface area contributed by atoms with E-state index in [0.717, 1.165) is 23.7 Å². The van der Waals surface area contributed by atoms with E-state index in [4.69, 9.17) is 0 Å². The first-order valence-corrected chi connectivity index (χ1v) is 10.0. The van der Waals surface area contributed by atoms with Gasteiger partial charge < -0.3 is 0 Å². The fraction of sp³-hybridized carbons (Fsp3) is 0.600. The molecule has 0 unspecified atom stereocenters. The van der Waals surface area contributed by atoms with Gasteiger partial charge in [0.2, 0.25) is 10.0 Å². The van der Waals surface area contributed by atoms with Crippen molar-refractivity contribution in [3.05, 3.63) is 18.2 Å². The molecule has 0 radical (unpaired) electrons. The molecular weight excluding hydrogens is 318 g/mol. The van der Waals surface area contributed by atoms with Crippen LogP contribution in [0, 0.1) is 11.8 Å². The molecule has 2 fully saturated rings. The molecule has 1 aliphatic carbocycles. The lowest BCUT2D eigenvalue weighted by molar-refractivity contribution is 0.136. The Hall–Kier alpha value is -1.05. The summed E-state index contributed by atoms with van der Waals surface area (Å²) in [5, 5.41) is 0. The molecule has 4 rings (SSSR count). The third kappa shape index (κ3) is 2.35. The molecule has 0 spiro atoms. The zero-order valence-electron chi connectivity index (χ0n) is 12.3. The summed E-state index contributed by atoms with van der Waals surface area (Å²) in [4.78, 5) is 0.313. The predicted molar refractivity (Wildman–Crippen MR) is 86.8 cm³/mol. The maximum atomic E-state index is 13.0. The molecule has 1 saturated carbocycles. The average molecular weight is 337 g/mol. The average Bonchev–Trinajstić information content (AvgIpc) is 3.02. The Kier molecular flexibility index (Phi) is 3.66. The second kappa shape index (κ2) is 5.54. The predicted octanol–water partition coefficient (Wildman–Crippen LogP) is 3.61. The SMILES string of the molecule is O=S(=O)(c1cccc2c1N=S=N2)N1CC[C@@H]2CCCC[C@H]2C1. The van der Waals surface area contributed by atoms with E-state index in [9.17, 15) is 8.42 Å². The van der Waals surface area contributed by atoms with Gasteiger partial charge in [-0.15, -0.1) is 0 Å². The van der Waals surface area contributed by atoms with Crippen molar-refractivity contribution >= 4 is 32.8 Å². The first-order chi connectivity index (χ1) is 10.7. The number of hydrogen-bond donors (Lipinski definition) is 0. The molecule has 1 aromatic carbocycles. The number of sulfonamides is 1. The minimum absolute atomic E-state index is 0.313. The van der Waals surface area contributed by atoms with E-state index in [1.54, 1.807) is 16.4 Å². The van der Waals surface area contributed by atoms with Gasteiger partial charge in [0.1, 0.15) is 16.3 Å². The molecule has 7 heteroatoms. The van der Waals surface area contributed by atoms with Crippen molar-refractivity contribution in [3.63, 3.8) is 0 Å². The van der Waals surface area contributed by atoms with Crippen molar-refractivity contribution in [1.29, 1.82) is 0 Å². The Labute approximate surface area is 134 Å². The van der Waals surface area contributed by atoms with Gasteiger partial charge >= 0.3 is 0 Å². The summed E-state index contributed by atoms with van der Waals surface area (Å²) in [6, 6.07) is 5.22. The molecule has 2 heterocycles. The number of hydrogen-bond acceptors (Lipinski definition) is 4. The van der Waals surface area contributed by atoms with Gasteiger partial charge in [0.15, 0.2) is 0 Å². The molecule has 0 bridgehead atoms. The van der Waals surface area contributed by atoms with Crippen molar-refractivity contribution in [2.24, 2.45) is 20.6 Å². The lowest BCUT2D eigenvalue weighted by Crippen LogP contribution is -2.44. The van der Waals surface area contributed by atoms with Crippen LogP contribution in [0.1, 0.15) is 32.1 Å². The molecule has 3 aliphatic rings. The highest BCUT2D eigenvalue weighted by Crippen LogP contribution is 2.41. The van der Waals surface area contributed by atoms with Gasteiger partial charge in [-0.3, -0.25) is 0 Å². The number of benzene rings is 1. The molecule has 22 heavy (non-hydrogen) atoms. The lowest BCUT2D eigenvalue weighted by Gasteiger charge is -2.40. The Morgan fingerprint density at radius 1 is 1.09 bits per heavy atom. The number of rotatable bonds is 2. The Morgan fingerprint density at radius 2 is 1.91 bits per heavy atom. The van der Waals surface area contributed by atoms with Crippen molar-refractivity contribution in [1.82, 2.24) is 4.31 Å². The molecule has 0 N–H and O–H groups in total. The van der Waals surface area contributed by atoms with E-state index in [2.05, 4.69) is 8.73 Å². The van der Waals surface area contributed by atoms with Gasteiger partial charge in [-0.25, -0.2) is 8.42 Å². The van der Waals surface area contributed by atoms with Crippen molar-refractivity contribution < 1.29 is 8.42 Å². The Balaban J connectivity index is 1.65. The van der Waals surface area contributed by atoms with E-state index in [0.29, 0.717) is 35.3 Å². The van der Waals surface area contributed by atoms with Gasteiger partial charge in [-0.05, 0) is 36.8 Å². The molecule has 2 aliphatic heterocycles. The minimum atomic E-state index is -3.47. The minimum Gasteiger partial charge on any atom is -0.207 e. The highest BCUT2D eigenvalue weighted by atomic mass is 32.2. The van der Waals surface area contributed by atoms with Crippen molar-refractivity contribution in [3.8, 4) is 0 Å². The van der Waals surface area contributed by atoms with Crippen molar-refractivity contribution in [2.75, 3.05) is 13.1 Å². The first-order valence-electron chi connectivity index (χ1n) is 7.88. The van der Waals surface area contributed by atoms with Crippen LogP contribution in [0.3, 0.4) is 0 Å². The molecule has 1 saturated heterocycles. The summed E-state index contributed by atoms with van der Waals surface area (Å²) in [6.45, 7) is 1.30. The van der Waals surface area contributed by atoms with Crippen LogP contribution in [-0.2, 0) is 21.4 Å². The van der Waals surface area contributed by atoms with Crippen LogP contribution in [0.15, 0.2) is 31.8 Å². The Morgan fingerprint density at radius 3 is 2.77 bits per heavy atom. The second-order valence-corrected chi connectivity index (χ2v) is 8.78. The van der Waals surface area contributed by atoms with Crippen LogP contribution in [0.4, 0.5) is 11.4 Å². The van der Waals surface area contributed by atoms with Crippen molar-refractivity contribution in [2.45, 2.75) is 37.0 Å². The van der Waals surface area contributed by atoms with Crippen LogP contribution >= 0.6 is 0 Å². The van der Waals surface area contributed by atoms with E-state index in [1.807, 2.05) is 6.07 Å². The summed E-state index contributed by atoms with van der Waals surface area (Å²) in [7, 11) is -3.47. The van der Waals surface area contributed by atoms with E-state index < -0.39 is 10.0 Å². The van der Waals surface area contributed by atoms with Gasteiger partial charge in [-0.2, -0.15) is 13.0 Å². The summed E-state index contributed by atoms with van der Waals surface area (Å²) < 4.78 is 36.1. The topological polar surface area (TPSA) is 62.1 Å². The number of piperidine rings is 1. The van der Waals surface area contributed by atoms with Crippen LogP contribution in [0.25, 0.3) is 0 Å². The molecule has 2 atom stereocenters. The number of fused-ring (bicyclic) bond motifs is 2. The Bertz CT molecular complexity index is 769. The maximum absolute atomic E-state index is 13.0. The largest absolute Gasteiger partial charge is 0.245 e. The molecule has 0 amide bonds.